The van der Waals surface area contributed by atoms with Crippen LogP contribution in [-0.2, 0) is 16.9 Å². The molecule has 0 saturated heterocycles. The second-order valence-corrected chi connectivity index (χ2v) is 11.2. The van der Waals surface area contributed by atoms with Crippen molar-refractivity contribution in [2.45, 2.75) is 64.0 Å². The predicted octanol–water partition coefficient (Wildman–Crippen LogP) is 4.67. The average Bonchev–Trinajstić information content (AvgIpc) is 3.44. The number of nitro groups is 1. The molecular formula is C26H30N6O3. The number of hydrogen-bond acceptors (Lipinski definition) is 5. The Labute approximate surface area is 203 Å². The largest absolute Gasteiger partial charge is 0.323 e. The van der Waals surface area contributed by atoms with E-state index in [2.05, 4.69) is 34.6 Å². The lowest BCUT2D eigenvalue weighted by atomic mass is 9.46. The number of anilines is 1. The van der Waals surface area contributed by atoms with Crippen LogP contribution >= 0.6 is 0 Å². The van der Waals surface area contributed by atoms with E-state index in [1.54, 1.807) is 12.4 Å². The third kappa shape index (κ3) is 4.02. The van der Waals surface area contributed by atoms with Crippen molar-refractivity contribution < 1.29 is 9.72 Å². The number of rotatable bonds is 7. The molecule has 7 rings (SSSR count). The van der Waals surface area contributed by atoms with Crippen molar-refractivity contribution >= 4 is 17.3 Å². The fourth-order valence-electron chi connectivity index (χ4n) is 7.57. The average molecular weight is 475 g/mol. The van der Waals surface area contributed by atoms with Gasteiger partial charge in [-0.1, -0.05) is 24.3 Å². The highest BCUT2D eigenvalue weighted by molar-refractivity contribution is 5.91. The molecule has 4 saturated carbocycles. The number of aryl methyl sites for hydroxylation is 1. The summed E-state index contributed by atoms with van der Waals surface area (Å²) in [7, 11) is 0. The van der Waals surface area contributed by atoms with Gasteiger partial charge in [-0.2, -0.15) is 10.2 Å². The smallest absolute Gasteiger partial charge is 0.307 e. The molecule has 9 heteroatoms. The van der Waals surface area contributed by atoms with Crippen LogP contribution in [0.1, 0.15) is 56.1 Å². The minimum atomic E-state index is -0.382. The van der Waals surface area contributed by atoms with Crippen molar-refractivity contribution in [3.63, 3.8) is 0 Å². The topological polar surface area (TPSA) is 108 Å². The van der Waals surface area contributed by atoms with Crippen LogP contribution in [0.3, 0.4) is 0 Å². The molecule has 9 nitrogen and oxygen atoms in total. The van der Waals surface area contributed by atoms with Gasteiger partial charge in [0.1, 0.15) is 12.4 Å². The number of amides is 1. The highest BCUT2D eigenvalue weighted by Gasteiger charge is 2.59. The molecular weight excluding hydrogens is 444 g/mol. The quantitative estimate of drug-likeness (QED) is 0.395. The molecule has 1 N–H and O–H groups in total. The SMILES string of the molecule is Cc1ccccc1Cn1cc(NC(=O)CC23CC4CC(C2)CC(n2cc([N+](=O)[O-])cn2)(C4)C3)cn1. The summed E-state index contributed by atoms with van der Waals surface area (Å²) in [6.07, 6.45) is 13.1. The zero-order valence-corrected chi connectivity index (χ0v) is 19.9. The van der Waals surface area contributed by atoms with Gasteiger partial charge in [0, 0.05) is 12.6 Å². The molecule has 182 valence electrons. The fourth-order valence-corrected chi connectivity index (χ4v) is 7.57. The third-order valence-corrected chi connectivity index (χ3v) is 8.46. The van der Waals surface area contributed by atoms with E-state index in [0.717, 1.165) is 32.1 Å². The summed E-state index contributed by atoms with van der Waals surface area (Å²) in [5.41, 5.74) is 2.88. The van der Waals surface area contributed by atoms with Crippen molar-refractivity contribution in [1.29, 1.82) is 0 Å². The van der Waals surface area contributed by atoms with Crippen molar-refractivity contribution in [2.24, 2.45) is 17.3 Å². The Hall–Kier alpha value is -3.49. The molecule has 4 fully saturated rings. The Morgan fingerprint density at radius 1 is 1.14 bits per heavy atom. The standard InChI is InChI=1S/C26H30N6O3/c1-18-4-2-3-5-21(18)14-30-15-22(12-27-30)29-24(33)11-25-7-19-6-20(8-25)10-26(9-19,17-25)31-16-23(13-28-31)32(34)35/h2-5,12-13,15-16,19-20H,6-11,14,17H2,1H3,(H,29,33). The van der Waals surface area contributed by atoms with Gasteiger partial charge in [-0.15, -0.1) is 0 Å². The van der Waals surface area contributed by atoms with Crippen molar-refractivity contribution in [3.05, 3.63) is 70.3 Å². The van der Waals surface area contributed by atoms with Gasteiger partial charge in [-0.3, -0.25) is 24.3 Å². The molecule has 3 aromatic rings. The van der Waals surface area contributed by atoms with Gasteiger partial charge in [0.2, 0.25) is 5.91 Å². The molecule has 1 amide bonds. The van der Waals surface area contributed by atoms with Crippen LogP contribution in [0.15, 0.2) is 49.1 Å². The summed E-state index contributed by atoms with van der Waals surface area (Å²) in [6, 6.07) is 8.22. The molecule has 2 unspecified atom stereocenters. The van der Waals surface area contributed by atoms with E-state index in [9.17, 15) is 14.9 Å². The summed E-state index contributed by atoms with van der Waals surface area (Å²) in [6.45, 7) is 2.75. The Balaban J connectivity index is 1.16. The van der Waals surface area contributed by atoms with Crippen LogP contribution < -0.4 is 5.32 Å². The van der Waals surface area contributed by atoms with Crippen LogP contribution in [-0.4, -0.2) is 30.4 Å². The molecule has 4 bridgehead atoms. The Bertz CT molecular complexity index is 1280. The number of nitrogens with zero attached hydrogens (tertiary/aromatic N) is 5. The Morgan fingerprint density at radius 3 is 2.63 bits per heavy atom. The molecule has 1 aromatic carbocycles. The molecule has 0 spiro atoms. The van der Waals surface area contributed by atoms with E-state index in [1.807, 2.05) is 27.7 Å². The maximum Gasteiger partial charge on any atom is 0.307 e. The van der Waals surface area contributed by atoms with Crippen LogP contribution in [0.25, 0.3) is 0 Å². The zero-order chi connectivity index (χ0) is 24.2. The predicted molar refractivity (Wildman–Crippen MR) is 130 cm³/mol. The number of benzene rings is 1. The molecule has 4 aliphatic rings. The molecule has 2 atom stereocenters. The van der Waals surface area contributed by atoms with E-state index in [4.69, 9.17) is 0 Å². The van der Waals surface area contributed by atoms with Gasteiger partial charge in [-0.25, -0.2) is 0 Å². The highest BCUT2D eigenvalue weighted by atomic mass is 16.6. The van der Waals surface area contributed by atoms with Gasteiger partial charge < -0.3 is 5.32 Å². The maximum atomic E-state index is 13.2. The molecule has 35 heavy (non-hydrogen) atoms. The van der Waals surface area contributed by atoms with Crippen LogP contribution in [0, 0.1) is 34.3 Å². The highest BCUT2D eigenvalue weighted by Crippen LogP contribution is 2.65. The first-order chi connectivity index (χ1) is 16.8. The summed E-state index contributed by atoms with van der Waals surface area (Å²) in [5.74, 6) is 1.11. The number of aromatic nitrogens is 4. The summed E-state index contributed by atoms with van der Waals surface area (Å²) < 4.78 is 3.70. The van der Waals surface area contributed by atoms with Gasteiger partial charge in [0.25, 0.3) is 0 Å². The normalized spacial score (nSPS) is 28.8. The number of hydrogen-bond donors (Lipinski definition) is 1. The lowest BCUT2D eigenvalue weighted by Crippen LogP contribution is -2.57. The van der Waals surface area contributed by atoms with E-state index in [1.165, 1.54) is 23.7 Å². The van der Waals surface area contributed by atoms with Crippen LogP contribution in [0.4, 0.5) is 11.4 Å². The first kappa shape index (κ1) is 22.0. The third-order valence-electron chi connectivity index (χ3n) is 8.46. The fraction of sp³-hybridized carbons (Fsp3) is 0.500. The Morgan fingerprint density at radius 2 is 1.91 bits per heavy atom. The van der Waals surface area contributed by atoms with Crippen molar-refractivity contribution in [2.75, 3.05) is 5.32 Å². The molecule has 0 radical (unpaired) electrons. The monoisotopic (exact) mass is 474 g/mol. The minimum absolute atomic E-state index is 0.0176. The van der Waals surface area contributed by atoms with Gasteiger partial charge >= 0.3 is 5.69 Å². The van der Waals surface area contributed by atoms with Gasteiger partial charge in [-0.05, 0) is 73.8 Å². The van der Waals surface area contributed by atoms with Crippen LogP contribution in [0.5, 0.6) is 0 Å². The van der Waals surface area contributed by atoms with Gasteiger partial charge in [0.15, 0.2) is 0 Å². The number of carbonyl (C=O) groups is 1. The number of nitrogens with one attached hydrogen (secondary N) is 1. The zero-order valence-electron chi connectivity index (χ0n) is 19.9. The first-order valence-electron chi connectivity index (χ1n) is 12.4. The molecule has 2 aromatic heterocycles. The van der Waals surface area contributed by atoms with E-state index in [0.29, 0.717) is 30.5 Å². The van der Waals surface area contributed by atoms with E-state index in [-0.39, 0.29) is 27.5 Å². The van der Waals surface area contributed by atoms with Crippen LogP contribution in [0.2, 0.25) is 0 Å². The summed E-state index contributed by atoms with van der Waals surface area (Å²) in [4.78, 5) is 24.0. The molecule has 0 aliphatic heterocycles. The maximum absolute atomic E-state index is 13.2. The molecule has 2 heterocycles. The number of carbonyl (C=O) groups excluding carboxylic acids is 1. The summed E-state index contributed by atoms with van der Waals surface area (Å²) in [5, 5.41) is 23.2. The van der Waals surface area contributed by atoms with Gasteiger partial charge in [0.05, 0.1) is 28.9 Å². The molecule has 4 aliphatic carbocycles. The van der Waals surface area contributed by atoms with Crippen molar-refractivity contribution in [3.8, 4) is 0 Å². The lowest BCUT2D eigenvalue weighted by Gasteiger charge is -2.61. The lowest BCUT2D eigenvalue weighted by molar-refractivity contribution is -0.385. The first-order valence-corrected chi connectivity index (χ1v) is 12.4. The second-order valence-electron chi connectivity index (χ2n) is 11.2. The second kappa shape index (κ2) is 8.03. The Kier molecular flexibility index (Phi) is 5.05. The van der Waals surface area contributed by atoms with Crippen molar-refractivity contribution in [1.82, 2.24) is 19.6 Å². The van der Waals surface area contributed by atoms with E-state index >= 15 is 0 Å². The van der Waals surface area contributed by atoms with E-state index < -0.39 is 0 Å². The summed E-state index contributed by atoms with van der Waals surface area (Å²) >= 11 is 0. The minimum Gasteiger partial charge on any atom is -0.323 e.